The first kappa shape index (κ1) is 14.9. The molecule has 0 aliphatic rings. The van der Waals surface area contributed by atoms with E-state index < -0.39 is 0 Å². The summed E-state index contributed by atoms with van der Waals surface area (Å²) in [5, 5.41) is 6.12. The maximum absolute atomic E-state index is 12.1. The van der Waals surface area contributed by atoms with E-state index in [9.17, 15) is 4.79 Å². The van der Waals surface area contributed by atoms with Gasteiger partial charge in [0.15, 0.2) is 5.76 Å². The number of hydrogen-bond acceptors (Lipinski definition) is 3. The van der Waals surface area contributed by atoms with Gasteiger partial charge in [0.1, 0.15) is 5.76 Å². The van der Waals surface area contributed by atoms with Crippen molar-refractivity contribution >= 4 is 23.0 Å². The zero-order valence-corrected chi connectivity index (χ0v) is 12.9. The van der Waals surface area contributed by atoms with Gasteiger partial charge in [-0.2, -0.15) is 0 Å². The van der Waals surface area contributed by atoms with E-state index in [0.29, 0.717) is 5.76 Å². The lowest BCUT2D eigenvalue weighted by Gasteiger charge is -2.08. The highest BCUT2D eigenvalue weighted by Crippen LogP contribution is 2.19. The molecular formula is C19H18N2O2. The molecule has 4 nitrogen and oxygen atoms in total. The van der Waals surface area contributed by atoms with Gasteiger partial charge in [-0.25, -0.2) is 0 Å². The second-order valence-corrected chi connectivity index (χ2v) is 5.14. The topological polar surface area (TPSA) is 54.3 Å². The van der Waals surface area contributed by atoms with Crippen LogP contribution in [0.25, 0.3) is 0 Å². The van der Waals surface area contributed by atoms with Gasteiger partial charge < -0.3 is 15.1 Å². The van der Waals surface area contributed by atoms with Crippen LogP contribution < -0.4 is 10.6 Å². The van der Waals surface area contributed by atoms with Crippen LogP contribution in [0.4, 0.5) is 17.1 Å². The van der Waals surface area contributed by atoms with E-state index in [4.69, 9.17) is 4.42 Å². The minimum atomic E-state index is -0.242. The lowest BCUT2D eigenvalue weighted by atomic mass is 10.2. The Kier molecular flexibility index (Phi) is 4.43. The molecule has 0 spiro atoms. The first-order valence-corrected chi connectivity index (χ1v) is 7.57. The van der Waals surface area contributed by atoms with Crippen molar-refractivity contribution < 1.29 is 9.21 Å². The molecule has 0 saturated heterocycles. The van der Waals surface area contributed by atoms with Gasteiger partial charge in [-0.3, -0.25) is 4.79 Å². The maximum Gasteiger partial charge on any atom is 0.291 e. The lowest BCUT2D eigenvalue weighted by Crippen LogP contribution is -2.10. The number of nitrogens with one attached hydrogen (secondary N) is 2. The van der Waals surface area contributed by atoms with E-state index in [2.05, 4.69) is 10.6 Å². The van der Waals surface area contributed by atoms with Crippen molar-refractivity contribution in [2.45, 2.75) is 13.3 Å². The maximum atomic E-state index is 12.1. The molecule has 2 aromatic carbocycles. The predicted octanol–water partition coefficient (Wildman–Crippen LogP) is 4.84. The van der Waals surface area contributed by atoms with Crippen molar-refractivity contribution in [3.05, 3.63) is 78.3 Å². The van der Waals surface area contributed by atoms with Gasteiger partial charge in [-0.05, 0) is 48.5 Å². The molecule has 2 N–H and O–H groups in total. The molecule has 4 heteroatoms. The SMILES string of the molecule is CCc1ccc(C(=O)Nc2ccc(Nc3ccccc3)cc2)o1. The van der Waals surface area contributed by atoms with Gasteiger partial charge in [0, 0.05) is 23.5 Å². The fourth-order valence-electron chi connectivity index (χ4n) is 2.21. The molecule has 0 bridgehead atoms. The Morgan fingerprint density at radius 1 is 0.870 bits per heavy atom. The van der Waals surface area contributed by atoms with Crippen LogP contribution in [-0.2, 0) is 6.42 Å². The highest BCUT2D eigenvalue weighted by Gasteiger charge is 2.10. The van der Waals surface area contributed by atoms with Crippen LogP contribution >= 0.6 is 0 Å². The van der Waals surface area contributed by atoms with Crippen LogP contribution in [0.2, 0.25) is 0 Å². The second-order valence-electron chi connectivity index (χ2n) is 5.14. The van der Waals surface area contributed by atoms with Crippen molar-refractivity contribution in [1.29, 1.82) is 0 Å². The quantitative estimate of drug-likeness (QED) is 0.709. The Bertz CT molecular complexity index is 777. The van der Waals surface area contributed by atoms with Gasteiger partial charge in [-0.1, -0.05) is 25.1 Å². The Morgan fingerprint density at radius 3 is 2.17 bits per heavy atom. The van der Waals surface area contributed by atoms with Gasteiger partial charge in [0.25, 0.3) is 5.91 Å². The summed E-state index contributed by atoms with van der Waals surface area (Å²) in [4.78, 5) is 12.1. The molecule has 3 aromatic rings. The average Bonchev–Trinajstić information content (AvgIpc) is 3.07. The van der Waals surface area contributed by atoms with Crippen LogP contribution in [0.15, 0.2) is 71.1 Å². The highest BCUT2D eigenvalue weighted by molar-refractivity contribution is 6.02. The molecule has 0 fully saturated rings. The largest absolute Gasteiger partial charge is 0.456 e. The molecule has 0 unspecified atom stereocenters. The van der Waals surface area contributed by atoms with E-state index in [0.717, 1.165) is 29.2 Å². The summed E-state index contributed by atoms with van der Waals surface area (Å²) < 4.78 is 5.45. The third-order valence-corrected chi connectivity index (χ3v) is 3.44. The summed E-state index contributed by atoms with van der Waals surface area (Å²) in [6.45, 7) is 1.99. The summed E-state index contributed by atoms with van der Waals surface area (Å²) in [6, 6.07) is 21.0. The van der Waals surface area contributed by atoms with E-state index >= 15 is 0 Å². The summed E-state index contributed by atoms with van der Waals surface area (Å²) in [6.07, 6.45) is 0.771. The molecule has 1 heterocycles. The number of amides is 1. The number of anilines is 3. The number of para-hydroxylation sites is 1. The molecule has 1 amide bonds. The number of hydrogen-bond donors (Lipinski definition) is 2. The smallest absolute Gasteiger partial charge is 0.291 e. The molecule has 0 saturated carbocycles. The number of rotatable bonds is 5. The number of carbonyl (C=O) groups is 1. The van der Waals surface area contributed by atoms with Crippen LogP contribution in [0.1, 0.15) is 23.2 Å². The van der Waals surface area contributed by atoms with Crippen LogP contribution in [0, 0.1) is 0 Å². The Morgan fingerprint density at radius 2 is 1.52 bits per heavy atom. The van der Waals surface area contributed by atoms with Gasteiger partial charge in [0.05, 0.1) is 0 Å². The number of carbonyl (C=O) groups excluding carboxylic acids is 1. The van der Waals surface area contributed by atoms with Crippen LogP contribution in [-0.4, -0.2) is 5.91 Å². The third-order valence-electron chi connectivity index (χ3n) is 3.44. The third kappa shape index (κ3) is 3.80. The zero-order valence-electron chi connectivity index (χ0n) is 12.9. The standard InChI is InChI=1S/C19H18N2O2/c1-2-17-12-13-18(23-17)19(22)21-16-10-8-15(9-11-16)20-14-6-4-3-5-7-14/h3-13,20H,2H2,1H3,(H,21,22). The van der Waals surface area contributed by atoms with Gasteiger partial charge in [0.2, 0.25) is 0 Å². The van der Waals surface area contributed by atoms with E-state index in [1.54, 1.807) is 6.07 Å². The first-order valence-electron chi connectivity index (χ1n) is 7.57. The molecule has 116 valence electrons. The Hall–Kier alpha value is -3.01. The number of aryl methyl sites for hydroxylation is 1. The van der Waals surface area contributed by atoms with Crippen LogP contribution in [0.3, 0.4) is 0 Å². The lowest BCUT2D eigenvalue weighted by molar-refractivity contribution is 0.0995. The molecule has 0 aliphatic carbocycles. The van der Waals surface area contributed by atoms with Crippen molar-refractivity contribution in [2.24, 2.45) is 0 Å². The van der Waals surface area contributed by atoms with Crippen molar-refractivity contribution in [2.75, 3.05) is 10.6 Å². The monoisotopic (exact) mass is 306 g/mol. The summed E-state index contributed by atoms with van der Waals surface area (Å²) in [5.41, 5.74) is 2.70. The molecule has 3 rings (SSSR count). The minimum Gasteiger partial charge on any atom is -0.456 e. The van der Waals surface area contributed by atoms with Crippen molar-refractivity contribution in [3.63, 3.8) is 0 Å². The normalized spacial score (nSPS) is 10.3. The van der Waals surface area contributed by atoms with E-state index in [-0.39, 0.29) is 5.91 Å². The average molecular weight is 306 g/mol. The van der Waals surface area contributed by atoms with Crippen LogP contribution in [0.5, 0.6) is 0 Å². The minimum absolute atomic E-state index is 0.242. The molecule has 1 aromatic heterocycles. The summed E-state index contributed by atoms with van der Waals surface area (Å²) in [5.74, 6) is 0.888. The Balaban J connectivity index is 1.64. The van der Waals surface area contributed by atoms with Gasteiger partial charge in [-0.15, -0.1) is 0 Å². The fraction of sp³-hybridized carbons (Fsp3) is 0.105. The molecule has 23 heavy (non-hydrogen) atoms. The first-order chi connectivity index (χ1) is 11.2. The zero-order chi connectivity index (χ0) is 16.1. The van der Waals surface area contributed by atoms with E-state index in [1.807, 2.05) is 67.6 Å². The molecule has 0 aliphatic heterocycles. The number of furan rings is 1. The van der Waals surface area contributed by atoms with Crippen molar-refractivity contribution in [3.8, 4) is 0 Å². The summed E-state index contributed by atoms with van der Waals surface area (Å²) in [7, 11) is 0. The fourth-order valence-corrected chi connectivity index (χ4v) is 2.21. The molecular weight excluding hydrogens is 288 g/mol. The second kappa shape index (κ2) is 6.83. The summed E-state index contributed by atoms with van der Waals surface area (Å²) >= 11 is 0. The molecule has 0 radical (unpaired) electrons. The van der Waals surface area contributed by atoms with Gasteiger partial charge >= 0.3 is 0 Å². The van der Waals surface area contributed by atoms with Crippen molar-refractivity contribution in [1.82, 2.24) is 0 Å². The Labute approximate surface area is 135 Å². The molecule has 0 atom stereocenters. The predicted molar refractivity (Wildman–Crippen MR) is 92.2 cm³/mol. The highest BCUT2D eigenvalue weighted by atomic mass is 16.3. The number of benzene rings is 2. The van der Waals surface area contributed by atoms with E-state index in [1.165, 1.54) is 0 Å².